The molecule has 0 bridgehead atoms. The number of hydrogen-bond donors (Lipinski definition) is 1. The van der Waals surface area contributed by atoms with Crippen molar-refractivity contribution in [2.45, 2.75) is 13.3 Å². The molecule has 0 aliphatic rings. The Hall–Kier alpha value is -2.55. The van der Waals surface area contributed by atoms with E-state index in [0.717, 1.165) is 16.7 Å². The van der Waals surface area contributed by atoms with E-state index in [-0.39, 0.29) is 5.97 Å². The van der Waals surface area contributed by atoms with Gasteiger partial charge in [-0.1, -0.05) is 42.5 Å². The molecule has 2 aromatic carbocycles. The van der Waals surface area contributed by atoms with Crippen LogP contribution >= 0.6 is 0 Å². The summed E-state index contributed by atoms with van der Waals surface area (Å²) < 4.78 is 4.83. The zero-order valence-corrected chi connectivity index (χ0v) is 12.0. The highest BCUT2D eigenvalue weighted by atomic mass is 16.5. The molecule has 0 amide bonds. The number of carbonyl (C=O) groups excluding carboxylic acids is 1. The van der Waals surface area contributed by atoms with Gasteiger partial charge in [0.15, 0.2) is 0 Å². The Morgan fingerprint density at radius 2 is 1.86 bits per heavy atom. The lowest BCUT2D eigenvalue weighted by molar-refractivity contribution is -0.137. The van der Waals surface area contributed by atoms with Crippen LogP contribution in [-0.4, -0.2) is 17.7 Å². The largest absolute Gasteiger partial charge is 0.508 e. The van der Waals surface area contributed by atoms with Crippen molar-refractivity contribution in [3.8, 4) is 5.75 Å². The quantitative estimate of drug-likeness (QED) is 0.673. The lowest BCUT2D eigenvalue weighted by Gasteiger charge is -2.05. The van der Waals surface area contributed by atoms with E-state index in [9.17, 15) is 9.90 Å². The summed E-state index contributed by atoms with van der Waals surface area (Å²) in [7, 11) is 0. The van der Waals surface area contributed by atoms with Crippen molar-refractivity contribution in [2.24, 2.45) is 0 Å². The first kappa shape index (κ1) is 14.9. The topological polar surface area (TPSA) is 46.5 Å². The van der Waals surface area contributed by atoms with E-state index in [1.807, 2.05) is 42.5 Å². The predicted molar refractivity (Wildman–Crippen MR) is 83.0 cm³/mol. The van der Waals surface area contributed by atoms with Crippen LogP contribution in [0.2, 0.25) is 0 Å². The molecule has 0 unspecified atom stereocenters. The van der Waals surface area contributed by atoms with Crippen LogP contribution < -0.4 is 0 Å². The summed E-state index contributed by atoms with van der Waals surface area (Å²) in [5.74, 6) is -0.0282. The van der Waals surface area contributed by atoms with Crippen LogP contribution in [0.3, 0.4) is 0 Å². The van der Waals surface area contributed by atoms with Crippen LogP contribution in [0, 0.1) is 0 Å². The summed E-state index contributed by atoms with van der Waals surface area (Å²) >= 11 is 0. The van der Waals surface area contributed by atoms with Crippen LogP contribution in [0.25, 0.3) is 6.08 Å². The van der Waals surface area contributed by atoms with Crippen LogP contribution in [0.15, 0.2) is 54.6 Å². The second-order valence-corrected chi connectivity index (χ2v) is 4.63. The Bertz CT molecular complexity index is 627. The highest BCUT2D eigenvalue weighted by Crippen LogP contribution is 2.20. The standard InChI is InChI=1S/C18H18O3/c1-2-21-18(20)12-11-14-7-9-15(10-8-14)13-16-5-3-4-6-17(16)19/h3-12,19H,2,13H2,1H3. The normalized spacial score (nSPS) is 10.7. The van der Waals surface area contributed by atoms with Gasteiger partial charge in [-0.2, -0.15) is 0 Å². The first-order chi connectivity index (χ1) is 10.2. The smallest absolute Gasteiger partial charge is 0.330 e. The predicted octanol–water partition coefficient (Wildman–Crippen LogP) is 3.56. The number of hydrogen-bond acceptors (Lipinski definition) is 3. The van der Waals surface area contributed by atoms with Gasteiger partial charge < -0.3 is 9.84 Å². The molecule has 108 valence electrons. The molecule has 2 aromatic rings. The summed E-state index contributed by atoms with van der Waals surface area (Å²) in [5, 5.41) is 9.76. The third kappa shape index (κ3) is 4.49. The third-order valence-electron chi connectivity index (χ3n) is 3.06. The van der Waals surface area contributed by atoms with E-state index in [0.29, 0.717) is 18.8 Å². The summed E-state index contributed by atoms with van der Waals surface area (Å²) in [5.41, 5.74) is 2.93. The molecule has 0 heterocycles. The minimum absolute atomic E-state index is 0.309. The van der Waals surface area contributed by atoms with Gasteiger partial charge in [-0.25, -0.2) is 4.79 Å². The number of rotatable bonds is 5. The number of phenols is 1. The van der Waals surface area contributed by atoms with Gasteiger partial charge in [0.2, 0.25) is 0 Å². The van der Waals surface area contributed by atoms with Gasteiger partial charge in [-0.3, -0.25) is 0 Å². The highest BCUT2D eigenvalue weighted by Gasteiger charge is 2.01. The van der Waals surface area contributed by atoms with E-state index in [1.54, 1.807) is 19.1 Å². The van der Waals surface area contributed by atoms with E-state index in [2.05, 4.69) is 0 Å². The summed E-state index contributed by atoms with van der Waals surface area (Å²) in [6.45, 7) is 2.15. The minimum Gasteiger partial charge on any atom is -0.508 e. The zero-order chi connectivity index (χ0) is 15.1. The molecule has 3 nitrogen and oxygen atoms in total. The average Bonchev–Trinajstić information content (AvgIpc) is 2.49. The summed E-state index contributed by atoms with van der Waals surface area (Å²) in [6, 6.07) is 15.1. The lowest BCUT2D eigenvalue weighted by atomic mass is 10.0. The third-order valence-corrected chi connectivity index (χ3v) is 3.06. The molecule has 0 saturated heterocycles. The van der Waals surface area contributed by atoms with Crippen molar-refractivity contribution in [3.63, 3.8) is 0 Å². The Morgan fingerprint density at radius 1 is 1.14 bits per heavy atom. The fraction of sp³-hybridized carbons (Fsp3) is 0.167. The van der Waals surface area contributed by atoms with Crippen LogP contribution in [-0.2, 0) is 16.0 Å². The van der Waals surface area contributed by atoms with E-state index in [4.69, 9.17) is 4.74 Å². The fourth-order valence-corrected chi connectivity index (χ4v) is 1.98. The maximum absolute atomic E-state index is 11.2. The van der Waals surface area contributed by atoms with Gasteiger partial charge in [-0.05, 0) is 35.8 Å². The number of carbonyl (C=O) groups is 1. The molecule has 0 saturated carbocycles. The minimum atomic E-state index is -0.337. The molecule has 21 heavy (non-hydrogen) atoms. The monoisotopic (exact) mass is 282 g/mol. The van der Waals surface area contributed by atoms with Crippen LogP contribution in [0.5, 0.6) is 5.75 Å². The molecule has 0 aliphatic heterocycles. The molecule has 1 N–H and O–H groups in total. The Balaban J connectivity index is 2.02. The summed E-state index contributed by atoms with van der Waals surface area (Å²) in [4.78, 5) is 11.2. The number of para-hydroxylation sites is 1. The maximum atomic E-state index is 11.2. The van der Waals surface area contributed by atoms with Crippen molar-refractivity contribution < 1.29 is 14.6 Å². The highest BCUT2D eigenvalue weighted by molar-refractivity contribution is 5.87. The molecule has 3 heteroatoms. The van der Waals surface area contributed by atoms with E-state index >= 15 is 0 Å². The molecule has 0 fully saturated rings. The van der Waals surface area contributed by atoms with Crippen LogP contribution in [0.4, 0.5) is 0 Å². The first-order valence-corrected chi connectivity index (χ1v) is 6.89. The molecular formula is C18H18O3. The van der Waals surface area contributed by atoms with Crippen molar-refractivity contribution in [2.75, 3.05) is 6.61 Å². The molecule has 0 aliphatic carbocycles. The number of esters is 1. The van der Waals surface area contributed by atoms with Gasteiger partial charge in [-0.15, -0.1) is 0 Å². The second-order valence-electron chi connectivity index (χ2n) is 4.63. The zero-order valence-electron chi connectivity index (χ0n) is 12.0. The second kappa shape index (κ2) is 7.29. The fourth-order valence-electron chi connectivity index (χ4n) is 1.98. The van der Waals surface area contributed by atoms with Gasteiger partial charge in [0, 0.05) is 12.5 Å². The molecule has 0 aromatic heterocycles. The number of benzene rings is 2. The molecular weight excluding hydrogens is 264 g/mol. The van der Waals surface area contributed by atoms with Crippen LogP contribution in [0.1, 0.15) is 23.6 Å². The van der Waals surface area contributed by atoms with Gasteiger partial charge >= 0.3 is 5.97 Å². The molecule has 2 rings (SSSR count). The van der Waals surface area contributed by atoms with E-state index in [1.165, 1.54) is 6.08 Å². The Kier molecular flexibility index (Phi) is 5.16. The molecule has 0 radical (unpaired) electrons. The van der Waals surface area contributed by atoms with Crippen molar-refractivity contribution in [3.05, 3.63) is 71.3 Å². The maximum Gasteiger partial charge on any atom is 0.330 e. The average molecular weight is 282 g/mol. The Labute approximate surface area is 124 Å². The van der Waals surface area contributed by atoms with Crippen molar-refractivity contribution >= 4 is 12.0 Å². The van der Waals surface area contributed by atoms with Crippen molar-refractivity contribution in [1.82, 2.24) is 0 Å². The SMILES string of the molecule is CCOC(=O)C=Cc1ccc(Cc2ccccc2O)cc1. The number of phenolic OH excluding ortho intramolecular Hbond substituents is 1. The van der Waals surface area contributed by atoms with E-state index < -0.39 is 0 Å². The van der Waals surface area contributed by atoms with Gasteiger partial charge in [0.1, 0.15) is 5.75 Å². The van der Waals surface area contributed by atoms with Gasteiger partial charge in [0.25, 0.3) is 0 Å². The summed E-state index contributed by atoms with van der Waals surface area (Å²) in [6.07, 6.45) is 3.82. The Morgan fingerprint density at radius 3 is 2.52 bits per heavy atom. The van der Waals surface area contributed by atoms with Gasteiger partial charge in [0.05, 0.1) is 6.61 Å². The molecule has 0 spiro atoms. The molecule has 0 atom stereocenters. The number of aromatic hydroxyl groups is 1. The number of ether oxygens (including phenoxy) is 1. The first-order valence-electron chi connectivity index (χ1n) is 6.89. The lowest BCUT2D eigenvalue weighted by Crippen LogP contribution is -1.98. The van der Waals surface area contributed by atoms with Crippen molar-refractivity contribution in [1.29, 1.82) is 0 Å².